The number of anilines is 2. The van der Waals surface area contributed by atoms with E-state index in [0.29, 0.717) is 41.8 Å². The number of carbonyl (C=O) groups is 1. The molecule has 2 aliphatic heterocycles. The van der Waals surface area contributed by atoms with E-state index in [1.807, 2.05) is 51.0 Å². The number of ether oxygens (including phenoxy) is 1. The molecule has 1 aromatic heterocycles. The summed E-state index contributed by atoms with van der Waals surface area (Å²) in [6.07, 6.45) is 3.60. The first-order valence-corrected chi connectivity index (χ1v) is 10.1. The Labute approximate surface area is 175 Å². The number of halogens is 1. The van der Waals surface area contributed by atoms with Crippen LogP contribution in [0.4, 0.5) is 16.5 Å². The Morgan fingerprint density at radius 2 is 2.14 bits per heavy atom. The van der Waals surface area contributed by atoms with E-state index in [1.54, 1.807) is 11.0 Å². The van der Waals surface area contributed by atoms with Crippen molar-refractivity contribution in [3.05, 3.63) is 29.4 Å². The van der Waals surface area contributed by atoms with Gasteiger partial charge >= 0.3 is 6.09 Å². The smallest absolute Gasteiger partial charge is 0.410 e. The van der Waals surface area contributed by atoms with E-state index in [-0.39, 0.29) is 12.1 Å². The predicted molar refractivity (Wildman–Crippen MR) is 113 cm³/mol. The molecular weight excluding hydrogens is 394 g/mol. The maximum Gasteiger partial charge on any atom is 0.410 e. The van der Waals surface area contributed by atoms with Gasteiger partial charge in [0.25, 0.3) is 6.01 Å². The second-order valence-corrected chi connectivity index (χ2v) is 8.82. The predicted octanol–water partition coefficient (Wildman–Crippen LogP) is 3.77. The third kappa shape index (κ3) is 4.07. The minimum Gasteiger partial charge on any atom is -0.444 e. The molecule has 8 nitrogen and oxygen atoms in total. The number of piperazine rings is 1. The summed E-state index contributed by atoms with van der Waals surface area (Å²) in [7, 11) is 0. The van der Waals surface area contributed by atoms with Crippen LogP contribution in [0.2, 0.25) is 5.02 Å². The van der Waals surface area contributed by atoms with Crippen molar-refractivity contribution in [3.63, 3.8) is 0 Å². The number of nitrogens with zero attached hydrogens (tertiary/aromatic N) is 4. The molecule has 0 aliphatic carbocycles. The number of rotatable bonds is 2. The Hall–Kier alpha value is -2.61. The molecule has 4 rings (SSSR count). The summed E-state index contributed by atoms with van der Waals surface area (Å²) in [5.74, 6) is 0. The highest BCUT2D eigenvalue weighted by atomic mass is 35.5. The van der Waals surface area contributed by atoms with E-state index in [0.717, 1.165) is 12.2 Å². The fraction of sp³-hybridized carbons (Fsp3) is 0.500. The molecule has 2 aromatic rings. The average Bonchev–Trinajstić information content (AvgIpc) is 3.29. The normalized spacial score (nSPS) is 19.8. The highest BCUT2D eigenvalue weighted by Gasteiger charge is 2.32. The van der Waals surface area contributed by atoms with Crippen LogP contribution in [0.25, 0.3) is 11.1 Å². The van der Waals surface area contributed by atoms with Gasteiger partial charge in [-0.25, -0.2) is 4.79 Å². The lowest BCUT2D eigenvalue weighted by Crippen LogP contribution is -2.54. The van der Waals surface area contributed by atoms with Gasteiger partial charge in [0, 0.05) is 36.9 Å². The molecule has 2 aliphatic rings. The summed E-state index contributed by atoms with van der Waals surface area (Å²) in [5, 5.41) is 2.55. The number of fused-ring (bicyclic) bond motifs is 1. The molecule has 1 fully saturated rings. The van der Waals surface area contributed by atoms with Crippen LogP contribution >= 0.6 is 11.6 Å². The van der Waals surface area contributed by atoms with Gasteiger partial charge in [-0.15, -0.1) is 0 Å². The van der Waals surface area contributed by atoms with Gasteiger partial charge in [-0.3, -0.25) is 5.01 Å². The minimum atomic E-state index is -0.508. The van der Waals surface area contributed by atoms with Gasteiger partial charge < -0.3 is 24.4 Å². The number of oxazole rings is 1. The molecule has 0 spiro atoms. The lowest BCUT2D eigenvalue weighted by Gasteiger charge is -2.39. The van der Waals surface area contributed by atoms with E-state index in [2.05, 4.69) is 15.3 Å². The molecule has 3 heterocycles. The molecule has 1 saturated heterocycles. The molecule has 1 aromatic carbocycles. The van der Waals surface area contributed by atoms with Crippen LogP contribution in [-0.4, -0.2) is 53.8 Å². The SMILES string of the molecule is C[C@H]1CN(C(=O)OC(C)(C)C)CCN1c1nc2cc(Cl)cc(N3CC=CN3)c2o1. The van der Waals surface area contributed by atoms with Gasteiger partial charge in [-0.1, -0.05) is 11.6 Å². The van der Waals surface area contributed by atoms with Crippen molar-refractivity contribution in [3.8, 4) is 0 Å². The van der Waals surface area contributed by atoms with Crippen molar-refractivity contribution in [2.45, 2.75) is 39.3 Å². The van der Waals surface area contributed by atoms with Crippen LogP contribution in [-0.2, 0) is 4.74 Å². The van der Waals surface area contributed by atoms with Gasteiger partial charge in [0.05, 0.1) is 6.54 Å². The number of aromatic nitrogens is 1. The first kappa shape index (κ1) is 19.7. The van der Waals surface area contributed by atoms with E-state index in [1.165, 1.54) is 0 Å². The lowest BCUT2D eigenvalue weighted by molar-refractivity contribution is 0.0216. The van der Waals surface area contributed by atoms with E-state index >= 15 is 0 Å². The van der Waals surface area contributed by atoms with Crippen LogP contribution in [0.15, 0.2) is 28.8 Å². The fourth-order valence-electron chi connectivity index (χ4n) is 3.55. The van der Waals surface area contributed by atoms with E-state index in [4.69, 9.17) is 20.8 Å². The maximum absolute atomic E-state index is 12.4. The van der Waals surface area contributed by atoms with Crippen LogP contribution in [0.3, 0.4) is 0 Å². The van der Waals surface area contributed by atoms with E-state index in [9.17, 15) is 4.79 Å². The first-order chi connectivity index (χ1) is 13.7. The lowest BCUT2D eigenvalue weighted by atomic mass is 10.2. The van der Waals surface area contributed by atoms with Crippen LogP contribution in [0, 0.1) is 0 Å². The van der Waals surface area contributed by atoms with Crippen molar-refractivity contribution < 1.29 is 13.9 Å². The summed E-state index contributed by atoms with van der Waals surface area (Å²) < 4.78 is 11.7. The van der Waals surface area contributed by atoms with Crippen molar-refractivity contribution in [2.75, 3.05) is 36.1 Å². The van der Waals surface area contributed by atoms with Crippen molar-refractivity contribution in [1.29, 1.82) is 0 Å². The number of hydrazine groups is 1. The monoisotopic (exact) mass is 419 g/mol. The number of carbonyl (C=O) groups excluding carboxylic acids is 1. The summed E-state index contributed by atoms with van der Waals surface area (Å²) in [4.78, 5) is 20.9. The molecule has 0 bridgehead atoms. The van der Waals surface area contributed by atoms with Crippen LogP contribution in [0.5, 0.6) is 0 Å². The third-order valence-corrected chi connectivity index (χ3v) is 5.09. The zero-order valence-corrected chi connectivity index (χ0v) is 17.9. The highest BCUT2D eigenvalue weighted by Crippen LogP contribution is 2.34. The van der Waals surface area contributed by atoms with Gasteiger partial charge in [-0.05, 0) is 45.9 Å². The van der Waals surface area contributed by atoms with Crippen molar-refractivity contribution in [1.82, 2.24) is 15.3 Å². The number of hydrogen-bond donors (Lipinski definition) is 1. The standard InChI is InChI=1S/C20H26ClN5O3/c1-13-12-24(19(27)29-20(2,3)4)8-9-25(13)18-23-15-10-14(21)11-16(17(15)28-18)26-7-5-6-22-26/h5-6,10-11,13,22H,7-9,12H2,1-4H3/t13-/m0/s1. The molecule has 9 heteroatoms. The number of hydrogen-bond acceptors (Lipinski definition) is 7. The first-order valence-electron chi connectivity index (χ1n) is 9.74. The second kappa shape index (κ2) is 7.33. The fourth-order valence-corrected chi connectivity index (χ4v) is 3.76. The van der Waals surface area contributed by atoms with Crippen molar-refractivity contribution >= 4 is 40.5 Å². The van der Waals surface area contributed by atoms with Gasteiger partial charge in [-0.2, -0.15) is 4.98 Å². The summed E-state index contributed by atoms with van der Waals surface area (Å²) in [6.45, 7) is 10.1. The Morgan fingerprint density at radius 1 is 1.34 bits per heavy atom. The third-order valence-electron chi connectivity index (χ3n) is 4.88. The van der Waals surface area contributed by atoms with Gasteiger partial charge in [0.1, 0.15) is 16.8 Å². The molecule has 1 N–H and O–H groups in total. The molecule has 1 atom stereocenters. The quantitative estimate of drug-likeness (QED) is 0.794. The molecule has 0 radical (unpaired) electrons. The van der Waals surface area contributed by atoms with Gasteiger partial charge in [0.15, 0.2) is 5.58 Å². The Kier molecular flexibility index (Phi) is 4.98. The van der Waals surface area contributed by atoms with Gasteiger partial charge in [0.2, 0.25) is 0 Å². The molecule has 1 amide bonds. The second-order valence-electron chi connectivity index (χ2n) is 8.38. The average molecular weight is 420 g/mol. The number of amides is 1. The van der Waals surface area contributed by atoms with Crippen LogP contribution < -0.4 is 15.3 Å². The Bertz CT molecular complexity index is 943. The molecule has 0 unspecified atom stereocenters. The number of nitrogens with one attached hydrogen (secondary N) is 1. The molecule has 0 saturated carbocycles. The zero-order valence-electron chi connectivity index (χ0n) is 17.1. The number of benzene rings is 1. The molecule has 29 heavy (non-hydrogen) atoms. The van der Waals surface area contributed by atoms with Crippen molar-refractivity contribution in [2.24, 2.45) is 0 Å². The summed E-state index contributed by atoms with van der Waals surface area (Å²) in [6, 6.07) is 4.24. The minimum absolute atomic E-state index is 0.0369. The van der Waals surface area contributed by atoms with Crippen LogP contribution in [0.1, 0.15) is 27.7 Å². The summed E-state index contributed by atoms with van der Waals surface area (Å²) in [5.41, 5.74) is 4.89. The largest absolute Gasteiger partial charge is 0.444 e. The summed E-state index contributed by atoms with van der Waals surface area (Å²) >= 11 is 6.30. The molecular formula is C20H26ClN5O3. The Balaban J connectivity index is 1.55. The zero-order chi connectivity index (χ0) is 20.8. The maximum atomic E-state index is 12.4. The highest BCUT2D eigenvalue weighted by molar-refractivity contribution is 6.31. The molecule has 156 valence electrons. The Morgan fingerprint density at radius 3 is 2.79 bits per heavy atom. The topological polar surface area (TPSA) is 74.1 Å². The van der Waals surface area contributed by atoms with E-state index < -0.39 is 5.60 Å².